The van der Waals surface area contributed by atoms with Gasteiger partial charge in [-0.2, -0.15) is 0 Å². The molecule has 4 rings (SSSR count). The smallest absolute Gasteiger partial charge is 0.236 e. The topological polar surface area (TPSA) is 45.3 Å². The Labute approximate surface area is 174 Å². The molecule has 0 unspecified atom stereocenters. The predicted octanol–water partition coefficient (Wildman–Crippen LogP) is 2.91. The number of likely N-dealkylation sites (N-methyl/N-ethyl adjacent to an activating group) is 1. The molecule has 8 heteroatoms. The number of thiophene rings is 1. The first kappa shape index (κ1) is 19.5. The molecule has 1 saturated heterocycles. The second-order valence-electron chi connectivity index (χ2n) is 7.22. The summed E-state index contributed by atoms with van der Waals surface area (Å²) >= 11 is 7.54. The minimum atomic E-state index is 0.188. The Morgan fingerprint density at radius 2 is 1.93 bits per heavy atom. The molecule has 0 saturated carbocycles. The van der Waals surface area contributed by atoms with Crippen molar-refractivity contribution in [1.82, 2.24) is 14.7 Å². The fourth-order valence-corrected chi connectivity index (χ4v) is 4.71. The number of fused-ring (bicyclic) bond motifs is 1. The summed E-state index contributed by atoms with van der Waals surface area (Å²) in [5.41, 5.74) is 1.21. The lowest BCUT2D eigenvalue weighted by Crippen LogP contribution is -2.50. The molecule has 2 aliphatic heterocycles. The number of rotatable bonds is 6. The molecular weight excluding hydrogens is 398 g/mol. The molecule has 0 bridgehead atoms. The van der Waals surface area contributed by atoms with Gasteiger partial charge in [0.1, 0.15) is 0 Å². The molecular formula is C20H24ClN3O3S. The number of amides is 1. The van der Waals surface area contributed by atoms with E-state index < -0.39 is 0 Å². The molecule has 0 radical (unpaired) electrons. The number of carbonyl (C=O) groups is 1. The highest BCUT2D eigenvalue weighted by atomic mass is 35.5. The first-order valence-corrected chi connectivity index (χ1v) is 10.6. The van der Waals surface area contributed by atoms with E-state index in [1.54, 1.807) is 11.3 Å². The van der Waals surface area contributed by atoms with Crippen LogP contribution in [0.3, 0.4) is 0 Å². The maximum Gasteiger partial charge on any atom is 0.236 e. The van der Waals surface area contributed by atoms with Gasteiger partial charge < -0.3 is 14.4 Å². The fourth-order valence-electron chi connectivity index (χ4n) is 3.54. The Bertz CT molecular complexity index is 836. The quantitative estimate of drug-likeness (QED) is 0.717. The summed E-state index contributed by atoms with van der Waals surface area (Å²) in [6, 6.07) is 10.0. The van der Waals surface area contributed by atoms with Crippen LogP contribution < -0.4 is 9.47 Å². The number of benzene rings is 1. The third kappa shape index (κ3) is 4.78. The Morgan fingerprint density at radius 3 is 2.68 bits per heavy atom. The van der Waals surface area contributed by atoms with Crippen molar-refractivity contribution in [2.45, 2.75) is 13.1 Å². The lowest BCUT2D eigenvalue weighted by atomic mass is 10.1. The molecule has 3 heterocycles. The van der Waals surface area contributed by atoms with Gasteiger partial charge in [-0.1, -0.05) is 17.7 Å². The lowest BCUT2D eigenvalue weighted by molar-refractivity contribution is -0.134. The van der Waals surface area contributed by atoms with Crippen LogP contribution in [0.25, 0.3) is 0 Å². The van der Waals surface area contributed by atoms with Crippen LogP contribution in [-0.4, -0.2) is 67.2 Å². The molecule has 0 aliphatic carbocycles. The second-order valence-corrected chi connectivity index (χ2v) is 9.02. The monoisotopic (exact) mass is 421 g/mol. The molecule has 2 aliphatic rings. The molecule has 1 aromatic carbocycles. The van der Waals surface area contributed by atoms with E-state index in [2.05, 4.69) is 11.0 Å². The number of carbonyl (C=O) groups excluding carboxylic acids is 1. The number of hydrogen-bond donors (Lipinski definition) is 0. The summed E-state index contributed by atoms with van der Waals surface area (Å²) in [6.45, 7) is 5.62. The van der Waals surface area contributed by atoms with E-state index in [9.17, 15) is 4.79 Å². The third-order valence-electron chi connectivity index (χ3n) is 5.03. The normalized spacial score (nSPS) is 16.8. The summed E-state index contributed by atoms with van der Waals surface area (Å²) < 4.78 is 11.6. The van der Waals surface area contributed by atoms with Crippen LogP contribution in [0.15, 0.2) is 30.3 Å². The molecule has 1 aromatic heterocycles. The van der Waals surface area contributed by atoms with Crippen molar-refractivity contribution in [3.8, 4) is 11.5 Å². The minimum Gasteiger partial charge on any atom is -0.454 e. The second kappa shape index (κ2) is 8.69. The van der Waals surface area contributed by atoms with Crippen molar-refractivity contribution in [2.75, 3.05) is 46.6 Å². The Morgan fingerprint density at radius 1 is 1.14 bits per heavy atom. The van der Waals surface area contributed by atoms with Gasteiger partial charge >= 0.3 is 0 Å². The van der Waals surface area contributed by atoms with Gasteiger partial charge in [-0.25, -0.2) is 0 Å². The highest BCUT2D eigenvalue weighted by molar-refractivity contribution is 7.16. The van der Waals surface area contributed by atoms with Crippen LogP contribution in [0.5, 0.6) is 11.5 Å². The van der Waals surface area contributed by atoms with Gasteiger partial charge in [0.05, 0.1) is 10.9 Å². The van der Waals surface area contributed by atoms with Crippen LogP contribution >= 0.6 is 22.9 Å². The van der Waals surface area contributed by atoms with Gasteiger partial charge in [-0.15, -0.1) is 11.3 Å². The molecule has 0 N–H and O–H groups in total. The minimum absolute atomic E-state index is 0.188. The molecule has 0 spiro atoms. The standard InChI is InChI=1S/C20H24ClN3O3S/c1-22(12-16-3-5-19(21)28-16)13-20(25)24-8-6-23(7-9-24)11-15-2-4-17-18(10-15)27-14-26-17/h2-5,10H,6-9,11-14H2,1H3. The van der Waals surface area contributed by atoms with Gasteiger partial charge in [-0.3, -0.25) is 14.6 Å². The number of nitrogens with zero attached hydrogens (tertiary/aromatic N) is 3. The third-order valence-corrected chi connectivity index (χ3v) is 6.24. The largest absolute Gasteiger partial charge is 0.454 e. The maximum absolute atomic E-state index is 12.6. The van der Waals surface area contributed by atoms with Crippen LogP contribution in [0.2, 0.25) is 4.34 Å². The van der Waals surface area contributed by atoms with E-state index in [1.807, 2.05) is 41.1 Å². The molecule has 2 aromatic rings. The fraction of sp³-hybridized carbons (Fsp3) is 0.450. The van der Waals surface area contributed by atoms with E-state index in [-0.39, 0.29) is 5.91 Å². The molecule has 150 valence electrons. The molecule has 28 heavy (non-hydrogen) atoms. The van der Waals surface area contributed by atoms with E-state index in [0.717, 1.165) is 55.1 Å². The van der Waals surface area contributed by atoms with E-state index in [4.69, 9.17) is 21.1 Å². The molecule has 0 atom stereocenters. The van der Waals surface area contributed by atoms with Gasteiger partial charge in [0, 0.05) is 44.1 Å². The van der Waals surface area contributed by atoms with Crippen molar-refractivity contribution in [1.29, 1.82) is 0 Å². The Hall–Kier alpha value is -1.80. The highest BCUT2D eigenvalue weighted by Gasteiger charge is 2.23. The zero-order valence-electron chi connectivity index (χ0n) is 15.9. The van der Waals surface area contributed by atoms with Gasteiger partial charge in [0.25, 0.3) is 0 Å². The zero-order valence-corrected chi connectivity index (χ0v) is 17.5. The average Bonchev–Trinajstić information content (AvgIpc) is 3.30. The number of hydrogen-bond acceptors (Lipinski definition) is 6. The summed E-state index contributed by atoms with van der Waals surface area (Å²) in [6.07, 6.45) is 0. The first-order chi connectivity index (χ1) is 13.6. The Balaban J connectivity index is 1.22. The van der Waals surface area contributed by atoms with Gasteiger partial charge in [-0.05, 0) is 36.9 Å². The molecule has 1 fully saturated rings. The highest BCUT2D eigenvalue weighted by Crippen LogP contribution is 2.32. The van der Waals surface area contributed by atoms with E-state index >= 15 is 0 Å². The van der Waals surface area contributed by atoms with Crippen molar-refractivity contribution in [3.05, 3.63) is 45.1 Å². The molecule has 1 amide bonds. The number of halogens is 1. The number of ether oxygens (including phenoxy) is 2. The summed E-state index contributed by atoms with van der Waals surface area (Å²) in [5, 5.41) is 0. The van der Waals surface area contributed by atoms with E-state index in [0.29, 0.717) is 13.3 Å². The SMILES string of the molecule is CN(CC(=O)N1CCN(Cc2ccc3c(c2)OCO3)CC1)Cc1ccc(Cl)s1. The summed E-state index contributed by atoms with van der Waals surface area (Å²) in [5.74, 6) is 1.82. The maximum atomic E-state index is 12.6. The predicted molar refractivity (Wildman–Crippen MR) is 110 cm³/mol. The zero-order chi connectivity index (χ0) is 19.5. The van der Waals surface area contributed by atoms with Crippen molar-refractivity contribution < 1.29 is 14.3 Å². The first-order valence-electron chi connectivity index (χ1n) is 9.38. The number of piperazine rings is 1. The Kier molecular flexibility index (Phi) is 6.06. The summed E-state index contributed by atoms with van der Waals surface area (Å²) in [4.78, 5) is 20.2. The van der Waals surface area contributed by atoms with Crippen LogP contribution in [0.4, 0.5) is 0 Å². The van der Waals surface area contributed by atoms with Gasteiger partial charge in [0.15, 0.2) is 11.5 Å². The average molecular weight is 422 g/mol. The van der Waals surface area contributed by atoms with Crippen LogP contribution in [0, 0.1) is 0 Å². The van der Waals surface area contributed by atoms with Crippen molar-refractivity contribution in [2.24, 2.45) is 0 Å². The van der Waals surface area contributed by atoms with Crippen LogP contribution in [0.1, 0.15) is 10.4 Å². The lowest BCUT2D eigenvalue weighted by Gasteiger charge is -2.35. The van der Waals surface area contributed by atoms with Crippen molar-refractivity contribution in [3.63, 3.8) is 0 Å². The molecule has 6 nitrogen and oxygen atoms in total. The van der Waals surface area contributed by atoms with Crippen LogP contribution in [-0.2, 0) is 17.9 Å². The van der Waals surface area contributed by atoms with E-state index in [1.165, 1.54) is 10.4 Å². The summed E-state index contributed by atoms with van der Waals surface area (Å²) in [7, 11) is 1.97. The van der Waals surface area contributed by atoms with Crippen molar-refractivity contribution >= 4 is 28.8 Å². The van der Waals surface area contributed by atoms with Gasteiger partial charge in [0.2, 0.25) is 12.7 Å².